The van der Waals surface area contributed by atoms with Gasteiger partial charge in [0.05, 0.1) is 11.1 Å². The predicted molar refractivity (Wildman–Crippen MR) is 84.8 cm³/mol. The first kappa shape index (κ1) is 15.1. The van der Waals surface area contributed by atoms with Crippen LogP contribution in [0, 0.1) is 11.6 Å². The Balaban J connectivity index is 2.32. The Kier molecular flexibility index (Phi) is 3.59. The van der Waals surface area contributed by atoms with Gasteiger partial charge >= 0.3 is 0 Å². The number of nitrogen functional groups attached to an aromatic ring is 1. The normalized spacial score (nSPS) is 11.4. The molecule has 2 heterocycles. The summed E-state index contributed by atoms with van der Waals surface area (Å²) >= 11 is 0. The maximum atomic E-state index is 14.2. The third-order valence-corrected chi connectivity index (χ3v) is 3.34. The van der Waals surface area contributed by atoms with E-state index in [-0.39, 0.29) is 17.3 Å². The van der Waals surface area contributed by atoms with Crippen LogP contribution in [0.3, 0.4) is 0 Å². The second-order valence-corrected chi connectivity index (χ2v) is 5.53. The molecule has 6 nitrogen and oxygen atoms in total. The van der Waals surface area contributed by atoms with Gasteiger partial charge in [-0.3, -0.25) is 4.68 Å². The highest BCUT2D eigenvalue weighted by Gasteiger charge is 2.19. The topological polar surface area (TPSA) is 81.6 Å². The molecule has 0 spiro atoms. The summed E-state index contributed by atoms with van der Waals surface area (Å²) < 4.78 is 28.8. The third kappa shape index (κ3) is 2.67. The molecule has 0 aliphatic heterocycles. The first-order valence-corrected chi connectivity index (χ1v) is 7.09. The van der Waals surface area contributed by atoms with Gasteiger partial charge in [0.25, 0.3) is 0 Å². The predicted octanol–water partition coefficient (Wildman–Crippen LogP) is 2.71. The molecule has 3 N–H and O–H groups in total. The molecule has 0 saturated carbocycles. The zero-order valence-corrected chi connectivity index (χ0v) is 12.9. The number of aromatic nitrogens is 4. The monoisotopic (exact) mass is 318 g/mol. The van der Waals surface area contributed by atoms with E-state index in [0.717, 1.165) is 6.07 Å². The second-order valence-electron chi connectivity index (χ2n) is 5.53. The minimum atomic E-state index is -0.719. The summed E-state index contributed by atoms with van der Waals surface area (Å²) in [7, 11) is 1.66. The highest BCUT2D eigenvalue weighted by molar-refractivity contribution is 5.98. The van der Waals surface area contributed by atoms with Gasteiger partial charge in [-0.05, 0) is 26.0 Å². The smallest absolute Gasteiger partial charge is 0.225 e. The number of nitrogens with one attached hydrogen (secondary N) is 1. The van der Waals surface area contributed by atoms with E-state index in [1.807, 2.05) is 13.8 Å². The molecule has 0 radical (unpaired) electrons. The van der Waals surface area contributed by atoms with Crippen LogP contribution in [0.2, 0.25) is 0 Å². The Morgan fingerprint density at radius 2 is 1.96 bits per heavy atom. The van der Waals surface area contributed by atoms with Crippen molar-refractivity contribution in [1.82, 2.24) is 19.7 Å². The first-order chi connectivity index (χ1) is 10.9. The Hall–Kier alpha value is -2.77. The van der Waals surface area contributed by atoms with Crippen LogP contribution in [0.15, 0.2) is 18.2 Å². The number of aryl methyl sites for hydroxylation is 1. The Bertz CT molecular complexity index is 887. The van der Waals surface area contributed by atoms with Crippen LogP contribution in [0.25, 0.3) is 22.3 Å². The zero-order chi connectivity index (χ0) is 16.7. The van der Waals surface area contributed by atoms with Crippen molar-refractivity contribution in [2.75, 3.05) is 11.1 Å². The van der Waals surface area contributed by atoms with Crippen LogP contribution in [0.5, 0.6) is 0 Å². The van der Waals surface area contributed by atoms with Crippen LogP contribution in [-0.4, -0.2) is 25.8 Å². The molecule has 0 aliphatic rings. The lowest BCUT2D eigenvalue weighted by Crippen LogP contribution is -2.13. The van der Waals surface area contributed by atoms with E-state index < -0.39 is 11.6 Å². The number of fused-ring (bicyclic) bond motifs is 1. The molecule has 23 heavy (non-hydrogen) atoms. The van der Waals surface area contributed by atoms with E-state index in [2.05, 4.69) is 20.4 Å². The minimum Gasteiger partial charge on any atom is -0.383 e. The number of hydrogen-bond donors (Lipinski definition) is 2. The van der Waals surface area contributed by atoms with Crippen molar-refractivity contribution < 1.29 is 8.78 Å². The molecular formula is C15H16F2N6. The highest BCUT2D eigenvalue weighted by atomic mass is 19.1. The largest absolute Gasteiger partial charge is 0.383 e. The molecule has 3 aromatic rings. The summed E-state index contributed by atoms with van der Waals surface area (Å²) in [5.41, 5.74) is 6.78. The summed E-state index contributed by atoms with van der Waals surface area (Å²) in [6.07, 6.45) is 0. The molecule has 8 heteroatoms. The van der Waals surface area contributed by atoms with Crippen molar-refractivity contribution >= 4 is 22.8 Å². The number of halogens is 2. The van der Waals surface area contributed by atoms with E-state index in [1.54, 1.807) is 7.05 Å². The average Bonchev–Trinajstić information content (AvgIpc) is 2.72. The van der Waals surface area contributed by atoms with Gasteiger partial charge in [-0.15, -0.1) is 0 Å². The molecule has 0 saturated heterocycles. The summed E-state index contributed by atoms with van der Waals surface area (Å²) in [5.74, 6) is -0.751. The van der Waals surface area contributed by atoms with Crippen LogP contribution in [-0.2, 0) is 7.05 Å². The fourth-order valence-electron chi connectivity index (χ4n) is 2.31. The van der Waals surface area contributed by atoms with Crippen LogP contribution in [0.1, 0.15) is 13.8 Å². The van der Waals surface area contributed by atoms with E-state index in [4.69, 9.17) is 5.73 Å². The van der Waals surface area contributed by atoms with Gasteiger partial charge in [-0.1, -0.05) is 0 Å². The molecule has 0 aliphatic carbocycles. The van der Waals surface area contributed by atoms with Crippen LogP contribution >= 0.6 is 0 Å². The van der Waals surface area contributed by atoms with E-state index in [0.29, 0.717) is 22.8 Å². The van der Waals surface area contributed by atoms with Gasteiger partial charge in [0.2, 0.25) is 5.95 Å². The molecule has 0 atom stereocenters. The van der Waals surface area contributed by atoms with Crippen molar-refractivity contribution in [2.24, 2.45) is 7.05 Å². The quantitative estimate of drug-likeness (QED) is 0.776. The number of hydrogen-bond acceptors (Lipinski definition) is 5. The number of nitrogens with two attached hydrogens (primary N) is 1. The fourth-order valence-corrected chi connectivity index (χ4v) is 2.31. The summed E-state index contributed by atoms with van der Waals surface area (Å²) in [6, 6.07) is 3.40. The SMILES string of the molecule is CC(C)Nc1nc(-c2ccc(F)cc2F)c2c(N)n(C)nc2n1. The molecule has 0 amide bonds. The first-order valence-electron chi connectivity index (χ1n) is 7.09. The third-order valence-electron chi connectivity index (χ3n) is 3.34. The number of nitrogens with zero attached hydrogens (tertiary/aromatic N) is 4. The van der Waals surface area contributed by atoms with Gasteiger partial charge in [0.1, 0.15) is 17.5 Å². The van der Waals surface area contributed by atoms with Gasteiger partial charge in [0.15, 0.2) is 5.65 Å². The van der Waals surface area contributed by atoms with Crippen molar-refractivity contribution in [3.8, 4) is 11.3 Å². The maximum Gasteiger partial charge on any atom is 0.225 e. The van der Waals surface area contributed by atoms with Gasteiger partial charge < -0.3 is 11.1 Å². The second kappa shape index (κ2) is 5.45. The van der Waals surface area contributed by atoms with Gasteiger partial charge in [0, 0.05) is 24.7 Å². The minimum absolute atomic E-state index is 0.0828. The highest BCUT2D eigenvalue weighted by Crippen LogP contribution is 2.32. The molecular weight excluding hydrogens is 302 g/mol. The molecule has 0 fully saturated rings. The molecule has 0 unspecified atom stereocenters. The van der Waals surface area contributed by atoms with Gasteiger partial charge in [-0.25, -0.2) is 13.8 Å². The van der Waals surface area contributed by atoms with Crippen LogP contribution < -0.4 is 11.1 Å². The van der Waals surface area contributed by atoms with Crippen molar-refractivity contribution in [3.63, 3.8) is 0 Å². The van der Waals surface area contributed by atoms with E-state index in [1.165, 1.54) is 16.8 Å². The summed E-state index contributed by atoms with van der Waals surface area (Å²) in [4.78, 5) is 8.66. The standard InChI is InChI=1S/C15H16F2N6/c1-7(2)19-15-20-12(9-5-4-8(16)6-10(9)17)11-13(18)23(3)22-14(11)21-15/h4-7H,18H2,1-3H3,(H,19,21,22). The Morgan fingerprint density at radius 3 is 2.61 bits per heavy atom. The lowest BCUT2D eigenvalue weighted by Gasteiger charge is -2.11. The number of anilines is 2. The van der Waals surface area contributed by atoms with Crippen molar-refractivity contribution in [3.05, 3.63) is 29.8 Å². The lowest BCUT2D eigenvalue weighted by molar-refractivity contribution is 0.585. The molecule has 1 aromatic carbocycles. The Labute approximate surface area is 131 Å². The van der Waals surface area contributed by atoms with Crippen molar-refractivity contribution in [2.45, 2.75) is 19.9 Å². The summed E-state index contributed by atoms with van der Waals surface area (Å²) in [6.45, 7) is 3.86. The van der Waals surface area contributed by atoms with E-state index >= 15 is 0 Å². The van der Waals surface area contributed by atoms with Crippen molar-refractivity contribution in [1.29, 1.82) is 0 Å². The number of benzene rings is 1. The summed E-state index contributed by atoms with van der Waals surface area (Å²) in [5, 5.41) is 7.71. The fraction of sp³-hybridized carbons (Fsp3) is 0.267. The van der Waals surface area contributed by atoms with Crippen LogP contribution in [0.4, 0.5) is 20.5 Å². The average molecular weight is 318 g/mol. The lowest BCUT2D eigenvalue weighted by atomic mass is 10.1. The molecule has 0 bridgehead atoms. The van der Waals surface area contributed by atoms with E-state index in [9.17, 15) is 8.78 Å². The molecule has 2 aromatic heterocycles. The molecule has 3 rings (SSSR count). The zero-order valence-electron chi connectivity index (χ0n) is 12.9. The maximum absolute atomic E-state index is 14.2. The molecule has 120 valence electrons. The Morgan fingerprint density at radius 1 is 1.22 bits per heavy atom. The van der Waals surface area contributed by atoms with Gasteiger partial charge in [-0.2, -0.15) is 10.1 Å². The number of rotatable bonds is 3.